The van der Waals surface area contributed by atoms with Gasteiger partial charge < -0.3 is 10.8 Å². The molecule has 0 amide bonds. The molecule has 0 aliphatic heterocycles. The summed E-state index contributed by atoms with van der Waals surface area (Å²) in [5, 5.41) is 8.46. The normalized spacial score (nSPS) is 14.1. The fraction of sp³-hybridized carbons (Fsp3) is 1.00. The fourth-order valence-corrected chi connectivity index (χ4v) is 1.43. The van der Waals surface area contributed by atoms with Crippen molar-refractivity contribution in [2.24, 2.45) is 11.7 Å². The first-order chi connectivity index (χ1) is 4.68. The molecule has 1 atom stereocenters. The molecule has 0 aromatic rings. The van der Waals surface area contributed by atoms with Gasteiger partial charge in [0.1, 0.15) is 0 Å². The minimum absolute atomic E-state index is 0.259. The summed E-state index contributed by atoms with van der Waals surface area (Å²) in [5.74, 6) is 2.31. The van der Waals surface area contributed by atoms with Crippen LogP contribution in [-0.4, -0.2) is 29.3 Å². The molecule has 0 radical (unpaired) electrons. The largest absolute Gasteiger partial charge is 0.396 e. The maximum atomic E-state index is 8.46. The van der Waals surface area contributed by atoms with Gasteiger partial charge in [0, 0.05) is 17.5 Å². The van der Waals surface area contributed by atoms with Gasteiger partial charge in [-0.1, -0.05) is 13.8 Å². The summed E-state index contributed by atoms with van der Waals surface area (Å²) < 4.78 is 0. The van der Waals surface area contributed by atoms with Gasteiger partial charge in [-0.25, -0.2) is 0 Å². The molecule has 0 aromatic heterocycles. The third kappa shape index (κ3) is 5.09. The predicted molar refractivity (Wildman–Crippen MR) is 47.2 cm³/mol. The molecule has 0 rings (SSSR count). The molecule has 0 spiro atoms. The summed E-state index contributed by atoms with van der Waals surface area (Å²) in [7, 11) is 0. The van der Waals surface area contributed by atoms with Crippen molar-refractivity contribution in [2.45, 2.75) is 19.9 Å². The monoisotopic (exact) mass is 163 g/mol. The van der Waals surface area contributed by atoms with E-state index in [-0.39, 0.29) is 12.6 Å². The molecule has 0 bridgehead atoms. The first-order valence-electron chi connectivity index (χ1n) is 3.62. The fourth-order valence-electron chi connectivity index (χ4n) is 0.476. The SMILES string of the molecule is CC(C)C(N)CSCCO. The molecule has 0 saturated heterocycles. The van der Waals surface area contributed by atoms with Gasteiger partial charge in [-0.3, -0.25) is 0 Å². The van der Waals surface area contributed by atoms with E-state index in [9.17, 15) is 0 Å². The van der Waals surface area contributed by atoms with Crippen LogP contribution >= 0.6 is 11.8 Å². The highest BCUT2D eigenvalue weighted by atomic mass is 32.2. The quantitative estimate of drug-likeness (QED) is 0.586. The maximum Gasteiger partial charge on any atom is 0.0521 e. The van der Waals surface area contributed by atoms with Crippen LogP contribution in [0.15, 0.2) is 0 Å². The lowest BCUT2D eigenvalue weighted by atomic mass is 10.1. The van der Waals surface area contributed by atoms with Crippen LogP contribution in [0, 0.1) is 5.92 Å². The van der Waals surface area contributed by atoms with E-state index in [4.69, 9.17) is 10.8 Å². The Balaban J connectivity index is 3.13. The van der Waals surface area contributed by atoms with Gasteiger partial charge in [0.15, 0.2) is 0 Å². The average Bonchev–Trinajstić information content (AvgIpc) is 1.88. The van der Waals surface area contributed by atoms with Crippen LogP contribution in [0.3, 0.4) is 0 Å². The Kier molecular flexibility index (Phi) is 6.17. The van der Waals surface area contributed by atoms with Crippen molar-refractivity contribution in [2.75, 3.05) is 18.1 Å². The second-order valence-electron chi connectivity index (χ2n) is 2.71. The Bertz CT molecular complexity index is 78.0. The van der Waals surface area contributed by atoms with Crippen molar-refractivity contribution in [3.63, 3.8) is 0 Å². The number of hydrogen-bond donors (Lipinski definition) is 2. The van der Waals surface area contributed by atoms with Crippen LogP contribution in [0.4, 0.5) is 0 Å². The molecule has 62 valence electrons. The van der Waals surface area contributed by atoms with E-state index in [1.165, 1.54) is 0 Å². The molecule has 10 heavy (non-hydrogen) atoms. The van der Waals surface area contributed by atoms with Gasteiger partial charge in [-0.15, -0.1) is 0 Å². The van der Waals surface area contributed by atoms with Crippen LogP contribution in [0.5, 0.6) is 0 Å². The lowest BCUT2D eigenvalue weighted by molar-refractivity contribution is 0.322. The summed E-state index contributed by atoms with van der Waals surface area (Å²) >= 11 is 1.71. The second kappa shape index (κ2) is 6.01. The van der Waals surface area contributed by atoms with Crippen LogP contribution in [0.1, 0.15) is 13.8 Å². The smallest absolute Gasteiger partial charge is 0.0521 e. The number of thioether (sulfide) groups is 1. The van der Waals surface area contributed by atoms with E-state index in [0.717, 1.165) is 11.5 Å². The second-order valence-corrected chi connectivity index (χ2v) is 3.86. The van der Waals surface area contributed by atoms with Crippen molar-refractivity contribution in [3.05, 3.63) is 0 Å². The van der Waals surface area contributed by atoms with Crippen LogP contribution in [0.2, 0.25) is 0 Å². The van der Waals surface area contributed by atoms with Crippen LogP contribution < -0.4 is 5.73 Å². The summed E-state index contributed by atoms with van der Waals surface area (Å²) in [6, 6.07) is 0.275. The van der Waals surface area contributed by atoms with E-state index in [1.807, 2.05) is 0 Å². The third-order valence-electron chi connectivity index (χ3n) is 1.40. The molecule has 3 heteroatoms. The van der Waals surface area contributed by atoms with E-state index in [0.29, 0.717) is 5.92 Å². The summed E-state index contributed by atoms with van der Waals surface area (Å²) in [5.41, 5.74) is 5.75. The molecule has 0 aliphatic rings. The lowest BCUT2D eigenvalue weighted by Gasteiger charge is -2.13. The summed E-state index contributed by atoms with van der Waals surface area (Å²) in [4.78, 5) is 0. The molecular formula is C7H17NOS. The van der Waals surface area contributed by atoms with Crippen molar-refractivity contribution in [3.8, 4) is 0 Å². The van der Waals surface area contributed by atoms with Gasteiger partial charge in [0.25, 0.3) is 0 Å². The zero-order valence-corrected chi connectivity index (χ0v) is 7.53. The molecular weight excluding hydrogens is 146 g/mol. The topological polar surface area (TPSA) is 46.2 Å². The predicted octanol–water partition coefficient (Wildman–Crippen LogP) is 0.695. The third-order valence-corrected chi connectivity index (χ3v) is 2.49. The Morgan fingerprint density at radius 3 is 2.50 bits per heavy atom. The zero-order valence-electron chi connectivity index (χ0n) is 6.71. The number of nitrogens with two attached hydrogens (primary N) is 1. The molecule has 0 saturated carbocycles. The first-order valence-corrected chi connectivity index (χ1v) is 4.78. The van der Waals surface area contributed by atoms with Crippen LogP contribution in [-0.2, 0) is 0 Å². The van der Waals surface area contributed by atoms with Crippen molar-refractivity contribution in [1.82, 2.24) is 0 Å². The molecule has 0 aromatic carbocycles. The highest BCUT2D eigenvalue weighted by molar-refractivity contribution is 7.99. The van der Waals surface area contributed by atoms with Gasteiger partial charge >= 0.3 is 0 Å². The molecule has 0 aliphatic carbocycles. The number of aliphatic hydroxyl groups excluding tert-OH is 1. The minimum Gasteiger partial charge on any atom is -0.396 e. The maximum absolute atomic E-state index is 8.46. The molecule has 1 unspecified atom stereocenters. The molecule has 2 nitrogen and oxygen atoms in total. The molecule has 0 heterocycles. The van der Waals surface area contributed by atoms with E-state index in [2.05, 4.69) is 13.8 Å². The van der Waals surface area contributed by atoms with E-state index in [1.54, 1.807) is 11.8 Å². The Hall–Kier alpha value is 0.270. The summed E-state index contributed by atoms with van der Waals surface area (Å²) in [6.45, 7) is 4.49. The minimum atomic E-state index is 0.259. The Morgan fingerprint density at radius 1 is 1.50 bits per heavy atom. The number of hydrogen-bond acceptors (Lipinski definition) is 3. The van der Waals surface area contributed by atoms with Gasteiger partial charge in [-0.05, 0) is 5.92 Å². The Labute approximate surface area is 67.2 Å². The highest BCUT2D eigenvalue weighted by Crippen LogP contribution is 2.06. The zero-order chi connectivity index (χ0) is 7.98. The average molecular weight is 163 g/mol. The standard InChI is InChI=1S/C7H17NOS/c1-6(2)7(8)5-10-4-3-9/h6-7,9H,3-5,8H2,1-2H3. The summed E-state index contributed by atoms with van der Waals surface area (Å²) in [6.07, 6.45) is 0. The molecule has 3 N–H and O–H groups in total. The highest BCUT2D eigenvalue weighted by Gasteiger charge is 2.05. The number of aliphatic hydroxyl groups is 1. The van der Waals surface area contributed by atoms with Gasteiger partial charge in [-0.2, -0.15) is 11.8 Å². The number of rotatable bonds is 5. The van der Waals surface area contributed by atoms with E-state index < -0.39 is 0 Å². The van der Waals surface area contributed by atoms with Crippen LogP contribution in [0.25, 0.3) is 0 Å². The molecule has 0 fully saturated rings. The van der Waals surface area contributed by atoms with Crippen molar-refractivity contribution < 1.29 is 5.11 Å². The Morgan fingerprint density at radius 2 is 2.10 bits per heavy atom. The van der Waals surface area contributed by atoms with E-state index >= 15 is 0 Å². The van der Waals surface area contributed by atoms with Crippen molar-refractivity contribution >= 4 is 11.8 Å². The van der Waals surface area contributed by atoms with Crippen molar-refractivity contribution in [1.29, 1.82) is 0 Å². The lowest BCUT2D eigenvalue weighted by Crippen LogP contribution is -2.29. The van der Waals surface area contributed by atoms with Gasteiger partial charge in [0.05, 0.1) is 6.61 Å². The first kappa shape index (κ1) is 10.3. The van der Waals surface area contributed by atoms with Gasteiger partial charge in [0.2, 0.25) is 0 Å².